The molecule has 0 atom stereocenters. The predicted octanol–water partition coefficient (Wildman–Crippen LogP) is 7.56. The van der Waals surface area contributed by atoms with Gasteiger partial charge in [-0.15, -0.1) is 22.7 Å². The zero-order valence-electron chi connectivity index (χ0n) is 15.9. The molecule has 0 amide bonds. The number of thiophene rings is 2. The summed E-state index contributed by atoms with van der Waals surface area (Å²) in [5.41, 5.74) is 5.90. The van der Waals surface area contributed by atoms with Crippen LogP contribution in [0.25, 0.3) is 35.4 Å². The molecule has 0 aliphatic heterocycles. The summed E-state index contributed by atoms with van der Waals surface area (Å²) < 4.78 is 0. The lowest BCUT2D eigenvalue weighted by molar-refractivity contribution is 1.48. The topological polar surface area (TPSA) is 47.6 Å². The molecule has 0 radical (unpaired) electrons. The molecule has 0 bridgehead atoms. The standard InChI is InChI=1S/C26H16N2S2/c27-17-21-5-1-19(2-6-21)9-11-25-23(13-15-29-25)24-14-16-30-26(24)12-10-20-3-7-22(18-28)8-4-20/h1-16H. The van der Waals surface area contributed by atoms with Gasteiger partial charge in [0, 0.05) is 20.9 Å². The summed E-state index contributed by atoms with van der Waals surface area (Å²) in [6, 6.07) is 23.8. The third kappa shape index (κ3) is 4.47. The van der Waals surface area contributed by atoms with Crippen LogP contribution in [-0.2, 0) is 0 Å². The molecule has 0 fully saturated rings. The first-order valence-corrected chi connectivity index (χ1v) is 11.0. The highest BCUT2D eigenvalue weighted by Gasteiger charge is 2.09. The van der Waals surface area contributed by atoms with Gasteiger partial charge >= 0.3 is 0 Å². The highest BCUT2D eigenvalue weighted by Crippen LogP contribution is 2.36. The van der Waals surface area contributed by atoms with E-state index in [-0.39, 0.29) is 0 Å². The van der Waals surface area contributed by atoms with Crippen molar-refractivity contribution >= 4 is 47.0 Å². The van der Waals surface area contributed by atoms with Crippen molar-refractivity contribution in [3.63, 3.8) is 0 Å². The maximum absolute atomic E-state index is 8.93. The minimum absolute atomic E-state index is 0.668. The molecule has 0 aliphatic rings. The van der Waals surface area contributed by atoms with Gasteiger partial charge < -0.3 is 0 Å². The fourth-order valence-corrected chi connectivity index (χ4v) is 4.63. The Labute approximate surface area is 183 Å². The zero-order valence-corrected chi connectivity index (χ0v) is 17.6. The van der Waals surface area contributed by atoms with Gasteiger partial charge in [-0.05, 0) is 70.4 Å². The van der Waals surface area contributed by atoms with E-state index in [1.165, 1.54) is 20.9 Å². The summed E-state index contributed by atoms with van der Waals surface area (Å²) in [6.07, 6.45) is 8.42. The largest absolute Gasteiger partial charge is 0.192 e. The monoisotopic (exact) mass is 420 g/mol. The molecule has 2 nitrogen and oxygen atoms in total. The van der Waals surface area contributed by atoms with Crippen LogP contribution < -0.4 is 0 Å². The first kappa shape index (κ1) is 19.6. The molecule has 0 unspecified atom stereocenters. The Kier molecular flexibility index (Phi) is 6.01. The molecule has 4 heteroatoms. The summed E-state index contributed by atoms with van der Waals surface area (Å²) in [7, 11) is 0. The smallest absolute Gasteiger partial charge is 0.0991 e. The highest BCUT2D eigenvalue weighted by molar-refractivity contribution is 7.12. The van der Waals surface area contributed by atoms with E-state index >= 15 is 0 Å². The molecule has 2 heterocycles. The molecule has 0 saturated heterocycles. The number of nitriles is 2. The Morgan fingerprint density at radius 3 is 1.30 bits per heavy atom. The average Bonchev–Trinajstić information content (AvgIpc) is 3.45. The summed E-state index contributed by atoms with van der Waals surface area (Å²) in [5.74, 6) is 0. The fraction of sp³-hybridized carbons (Fsp3) is 0. The Balaban J connectivity index is 1.57. The van der Waals surface area contributed by atoms with Crippen LogP contribution in [0.15, 0.2) is 71.4 Å². The first-order chi connectivity index (χ1) is 14.8. The highest BCUT2D eigenvalue weighted by atomic mass is 32.1. The van der Waals surface area contributed by atoms with Crippen molar-refractivity contribution in [2.24, 2.45) is 0 Å². The molecule has 0 saturated carbocycles. The van der Waals surface area contributed by atoms with Crippen LogP contribution in [-0.4, -0.2) is 0 Å². The van der Waals surface area contributed by atoms with Gasteiger partial charge in [-0.25, -0.2) is 0 Å². The third-order valence-electron chi connectivity index (χ3n) is 4.61. The Morgan fingerprint density at radius 1 is 0.533 bits per heavy atom. The van der Waals surface area contributed by atoms with Crippen molar-refractivity contribution in [2.75, 3.05) is 0 Å². The lowest BCUT2D eigenvalue weighted by atomic mass is 10.1. The zero-order chi connectivity index (χ0) is 20.8. The molecular formula is C26H16N2S2. The quantitative estimate of drug-likeness (QED) is 0.334. The summed E-state index contributed by atoms with van der Waals surface area (Å²) in [6.45, 7) is 0. The molecule has 0 spiro atoms. The van der Waals surface area contributed by atoms with Gasteiger partial charge in [0.1, 0.15) is 0 Å². The Bertz CT molecular complexity index is 1190. The SMILES string of the molecule is N#Cc1ccc(C=Cc2sccc2-c2ccsc2C=Cc2ccc(C#N)cc2)cc1. The van der Waals surface area contributed by atoms with Gasteiger partial charge in [0.05, 0.1) is 23.3 Å². The maximum atomic E-state index is 8.93. The number of nitrogens with zero attached hydrogens (tertiary/aromatic N) is 2. The summed E-state index contributed by atoms with van der Waals surface area (Å²) >= 11 is 3.43. The number of hydrogen-bond acceptors (Lipinski definition) is 4. The Morgan fingerprint density at radius 2 is 0.933 bits per heavy atom. The maximum Gasteiger partial charge on any atom is 0.0991 e. The van der Waals surface area contributed by atoms with Crippen molar-refractivity contribution in [1.82, 2.24) is 0 Å². The van der Waals surface area contributed by atoms with Crippen LogP contribution in [0.4, 0.5) is 0 Å². The molecule has 2 aromatic heterocycles. The van der Waals surface area contributed by atoms with E-state index < -0.39 is 0 Å². The van der Waals surface area contributed by atoms with Gasteiger partial charge in [0.25, 0.3) is 0 Å². The number of hydrogen-bond donors (Lipinski definition) is 0. The lowest BCUT2D eigenvalue weighted by Crippen LogP contribution is -1.78. The van der Waals surface area contributed by atoms with Crippen LogP contribution in [0, 0.1) is 22.7 Å². The van der Waals surface area contributed by atoms with Gasteiger partial charge in [-0.2, -0.15) is 10.5 Å². The van der Waals surface area contributed by atoms with Crippen LogP contribution in [0.2, 0.25) is 0 Å². The Hall–Kier alpha value is -3.70. The summed E-state index contributed by atoms with van der Waals surface area (Å²) in [4.78, 5) is 2.40. The van der Waals surface area contributed by atoms with Crippen molar-refractivity contribution in [2.45, 2.75) is 0 Å². The number of rotatable bonds is 5. The molecule has 142 valence electrons. The van der Waals surface area contributed by atoms with Crippen molar-refractivity contribution < 1.29 is 0 Å². The van der Waals surface area contributed by atoms with E-state index in [2.05, 4.69) is 59.3 Å². The lowest BCUT2D eigenvalue weighted by Gasteiger charge is -2.01. The van der Waals surface area contributed by atoms with Crippen molar-refractivity contribution in [3.8, 4) is 23.3 Å². The van der Waals surface area contributed by atoms with Gasteiger partial charge in [0.15, 0.2) is 0 Å². The second-order valence-corrected chi connectivity index (χ2v) is 8.43. The van der Waals surface area contributed by atoms with E-state index in [9.17, 15) is 0 Å². The van der Waals surface area contributed by atoms with Gasteiger partial charge in [0.2, 0.25) is 0 Å². The van der Waals surface area contributed by atoms with Crippen molar-refractivity contribution in [1.29, 1.82) is 10.5 Å². The van der Waals surface area contributed by atoms with Gasteiger partial charge in [-0.1, -0.05) is 36.4 Å². The second kappa shape index (κ2) is 9.20. The van der Waals surface area contributed by atoms with Gasteiger partial charge in [-0.3, -0.25) is 0 Å². The third-order valence-corrected chi connectivity index (χ3v) is 6.38. The first-order valence-electron chi connectivity index (χ1n) is 9.28. The van der Waals surface area contributed by atoms with Crippen LogP contribution in [0.3, 0.4) is 0 Å². The van der Waals surface area contributed by atoms with Crippen LogP contribution in [0.5, 0.6) is 0 Å². The molecule has 4 aromatic rings. The van der Waals surface area contributed by atoms with Crippen LogP contribution >= 0.6 is 22.7 Å². The summed E-state index contributed by atoms with van der Waals surface area (Å²) in [5, 5.41) is 22.1. The van der Waals surface area contributed by atoms with E-state index in [0.717, 1.165) is 11.1 Å². The second-order valence-electron chi connectivity index (χ2n) is 6.53. The molecule has 0 aliphatic carbocycles. The van der Waals surface area contributed by atoms with Crippen molar-refractivity contribution in [3.05, 3.63) is 103 Å². The molecule has 4 rings (SSSR count). The minimum Gasteiger partial charge on any atom is -0.192 e. The predicted molar refractivity (Wildman–Crippen MR) is 128 cm³/mol. The van der Waals surface area contributed by atoms with E-state index in [4.69, 9.17) is 10.5 Å². The minimum atomic E-state index is 0.668. The van der Waals surface area contributed by atoms with E-state index in [1.807, 2.05) is 48.5 Å². The normalized spacial score (nSPS) is 11.0. The van der Waals surface area contributed by atoms with E-state index in [1.54, 1.807) is 22.7 Å². The molecule has 2 aromatic carbocycles. The molecular weight excluding hydrogens is 404 g/mol. The number of benzene rings is 2. The molecule has 30 heavy (non-hydrogen) atoms. The average molecular weight is 421 g/mol. The fourth-order valence-electron chi connectivity index (χ4n) is 3.03. The molecule has 0 N–H and O–H groups in total. The van der Waals surface area contributed by atoms with Crippen LogP contribution in [0.1, 0.15) is 32.0 Å². The van der Waals surface area contributed by atoms with E-state index in [0.29, 0.717) is 11.1 Å².